The van der Waals surface area contributed by atoms with Gasteiger partial charge in [0.25, 0.3) is 5.91 Å². The molecule has 0 aliphatic carbocycles. The monoisotopic (exact) mass is 325 g/mol. The van der Waals surface area contributed by atoms with Crippen LogP contribution >= 0.6 is 0 Å². The number of amides is 1. The van der Waals surface area contributed by atoms with E-state index in [1.165, 1.54) is 5.56 Å². The summed E-state index contributed by atoms with van der Waals surface area (Å²) in [5.74, 6) is 0.892. The Morgan fingerprint density at radius 1 is 1.17 bits per heavy atom. The van der Waals surface area contributed by atoms with E-state index in [0.29, 0.717) is 26.3 Å². The normalized spacial score (nSPS) is 17.6. The van der Waals surface area contributed by atoms with Crippen molar-refractivity contribution in [2.75, 3.05) is 26.3 Å². The predicted octanol–water partition coefficient (Wildman–Crippen LogP) is 3.22. The predicted molar refractivity (Wildman–Crippen MR) is 93.5 cm³/mol. The molecule has 0 spiro atoms. The van der Waals surface area contributed by atoms with Crippen molar-refractivity contribution in [3.05, 3.63) is 65.2 Å². The van der Waals surface area contributed by atoms with E-state index >= 15 is 0 Å². The molecule has 2 aromatic rings. The summed E-state index contributed by atoms with van der Waals surface area (Å²) in [5.41, 5.74) is 2.96. The van der Waals surface area contributed by atoms with Gasteiger partial charge in [-0.25, -0.2) is 0 Å². The Hall–Kier alpha value is -2.33. The van der Waals surface area contributed by atoms with Crippen LogP contribution in [0.4, 0.5) is 0 Å². The van der Waals surface area contributed by atoms with Gasteiger partial charge in [0, 0.05) is 12.1 Å². The van der Waals surface area contributed by atoms with E-state index in [4.69, 9.17) is 9.47 Å². The average Bonchev–Trinajstić information content (AvgIpc) is 2.61. The second-order valence-electron chi connectivity index (χ2n) is 6.18. The van der Waals surface area contributed by atoms with Crippen LogP contribution in [0.15, 0.2) is 48.5 Å². The standard InChI is InChI=1S/C20H23NO3/c1-15-7-9-17(10-8-15)24-14-18-13-21(11-12-23-18)20(22)19-6-4-3-5-16(19)2/h3-10,18H,11-14H2,1-2H3/t18-/m1/s1. The number of carbonyl (C=O) groups is 1. The first-order chi connectivity index (χ1) is 11.6. The Kier molecular flexibility index (Phi) is 5.16. The molecule has 0 N–H and O–H groups in total. The SMILES string of the molecule is Cc1ccc(OC[C@H]2CN(C(=O)c3ccccc3C)CCO2)cc1. The Balaban J connectivity index is 1.59. The average molecular weight is 325 g/mol. The van der Waals surface area contributed by atoms with Crippen LogP contribution in [0, 0.1) is 13.8 Å². The lowest BCUT2D eigenvalue weighted by Crippen LogP contribution is -2.47. The lowest BCUT2D eigenvalue weighted by Gasteiger charge is -2.33. The van der Waals surface area contributed by atoms with E-state index < -0.39 is 0 Å². The van der Waals surface area contributed by atoms with Gasteiger partial charge in [-0.1, -0.05) is 35.9 Å². The van der Waals surface area contributed by atoms with Crippen molar-refractivity contribution in [1.82, 2.24) is 4.90 Å². The van der Waals surface area contributed by atoms with Gasteiger partial charge in [-0.2, -0.15) is 0 Å². The Labute approximate surface area is 143 Å². The smallest absolute Gasteiger partial charge is 0.254 e. The molecule has 1 aliphatic heterocycles. The third kappa shape index (κ3) is 3.95. The number of morpholine rings is 1. The Morgan fingerprint density at radius 3 is 2.67 bits per heavy atom. The minimum atomic E-state index is -0.104. The molecule has 126 valence electrons. The maximum absolute atomic E-state index is 12.7. The van der Waals surface area contributed by atoms with E-state index in [0.717, 1.165) is 16.9 Å². The summed E-state index contributed by atoms with van der Waals surface area (Å²) in [6.45, 7) is 6.17. The largest absolute Gasteiger partial charge is 0.491 e. The van der Waals surface area contributed by atoms with Crippen molar-refractivity contribution in [2.24, 2.45) is 0 Å². The van der Waals surface area contributed by atoms with Gasteiger partial charge in [0.1, 0.15) is 18.5 Å². The topological polar surface area (TPSA) is 38.8 Å². The molecule has 2 aromatic carbocycles. The van der Waals surface area contributed by atoms with Crippen molar-refractivity contribution >= 4 is 5.91 Å². The highest BCUT2D eigenvalue weighted by Gasteiger charge is 2.26. The first-order valence-corrected chi connectivity index (χ1v) is 8.29. The van der Waals surface area contributed by atoms with Crippen LogP contribution in [0.1, 0.15) is 21.5 Å². The molecule has 1 atom stereocenters. The molecular formula is C20H23NO3. The van der Waals surface area contributed by atoms with Crippen LogP contribution in [0.3, 0.4) is 0 Å². The summed E-state index contributed by atoms with van der Waals surface area (Å²) < 4.78 is 11.5. The summed E-state index contributed by atoms with van der Waals surface area (Å²) in [7, 11) is 0. The molecule has 0 bridgehead atoms. The highest BCUT2D eigenvalue weighted by atomic mass is 16.5. The second kappa shape index (κ2) is 7.49. The van der Waals surface area contributed by atoms with Crippen molar-refractivity contribution in [3.8, 4) is 5.75 Å². The molecule has 1 fully saturated rings. The number of carbonyl (C=O) groups excluding carboxylic acids is 1. The molecule has 1 heterocycles. The number of rotatable bonds is 4. The zero-order valence-corrected chi connectivity index (χ0v) is 14.2. The molecule has 0 aromatic heterocycles. The van der Waals surface area contributed by atoms with Crippen LogP contribution in [-0.2, 0) is 4.74 Å². The van der Waals surface area contributed by atoms with Crippen molar-refractivity contribution in [2.45, 2.75) is 20.0 Å². The zero-order valence-electron chi connectivity index (χ0n) is 14.2. The quantitative estimate of drug-likeness (QED) is 0.866. The van der Waals surface area contributed by atoms with Gasteiger partial charge >= 0.3 is 0 Å². The number of benzene rings is 2. The lowest BCUT2D eigenvalue weighted by atomic mass is 10.1. The number of hydrogen-bond acceptors (Lipinski definition) is 3. The van der Waals surface area contributed by atoms with Gasteiger partial charge in [-0.3, -0.25) is 4.79 Å². The molecule has 1 saturated heterocycles. The molecule has 1 aliphatic rings. The molecule has 1 amide bonds. The summed E-state index contributed by atoms with van der Waals surface area (Å²) in [6, 6.07) is 15.6. The summed E-state index contributed by atoms with van der Waals surface area (Å²) in [6.07, 6.45) is -0.104. The third-order valence-electron chi connectivity index (χ3n) is 4.26. The Morgan fingerprint density at radius 2 is 1.92 bits per heavy atom. The highest BCUT2D eigenvalue weighted by Crippen LogP contribution is 2.16. The van der Waals surface area contributed by atoms with E-state index in [-0.39, 0.29) is 12.0 Å². The van der Waals surface area contributed by atoms with Crippen LogP contribution in [0.5, 0.6) is 5.75 Å². The maximum Gasteiger partial charge on any atom is 0.254 e. The van der Waals surface area contributed by atoms with Gasteiger partial charge in [0.15, 0.2) is 0 Å². The number of hydrogen-bond donors (Lipinski definition) is 0. The minimum absolute atomic E-state index is 0.0664. The molecule has 3 rings (SSSR count). The fourth-order valence-corrected chi connectivity index (χ4v) is 2.81. The maximum atomic E-state index is 12.7. The van der Waals surface area contributed by atoms with E-state index in [9.17, 15) is 4.79 Å². The molecular weight excluding hydrogens is 302 g/mol. The molecule has 0 radical (unpaired) electrons. The third-order valence-corrected chi connectivity index (χ3v) is 4.26. The summed E-state index contributed by atoms with van der Waals surface area (Å²) in [4.78, 5) is 14.6. The molecule has 4 nitrogen and oxygen atoms in total. The van der Waals surface area contributed by atoms with Crippen LogP contribution in [0.2, 0.25) is 0 Å². The fourth-order valence-electron chi connectivity index (χ4n) is 2.81. The molecule has 0 saturated carbocycles. The summed E-state index contributed by atoms with van der Waals surface area (Å²) in [5, 5.41) is 0. The van der Waals surface area contributed by atoms with Gasteiger partial charge in [-0.05, 0) is 37.6 Å². The molecule has 0 unspecified atom stereocenters. The van der Waals surface area contributed by atoms with Crippen LogP contribution in [0.25, 0.3) is 0 Å². The summed E-state index contributed by atoms with van der Waals surface area (Å²) >= 11 is 0. The van der Waals surface area contributed by atoms with E-state index in [1.807, 2.05) is 67.3 Å². The van der Waals surface area contributed by atoms with Gasteiger partial charge in [0.2, 0.25) is 0 Å². The zero-order chi connectivity index (χ0) is 16.9. The first-order valence-electron chi connectivity index (χ1n) is 8.29. The van der Waals surface area contributed by atoms with E-state index in [1.54, 1.807) is 0 Å². The van der Waals surface area contributed by atoms with Crippen molar-refractivity contribution in [1.29, 1.82) is 0 Å². The van der Waals surface area contributed by atoms with Crippen LogP contribution in [-0.4, -0.2) is 43.2 Å². The van der Waals surface area contributed by atoms with E-state index in [2.05, 4.69) is 0 Å². The number of aryl methyl sites for hydroxylation is 2. The van der Waals surface area contributed by atoms with Gasteiger partial charge in [0.05, 0.1) is 13.2 Å². The van der Waals surface area contributed by atoms with Gasteiger partial charge in [-0.15, -0.1) is 0 Å². The molecule has 4 heteroatoms. The van der Waals surface area contributed by atoms with Crippen molar-refractivity contribution in [3.63, 3.8) is 0 Å². The number of nitrogens with zero attached hydrogens (tertiary/aromatic N) is 1. The number of ether oxygens (including phenoxy) is 2. The van der Waals surface area contributed by atoms with Crippen LogP contribution < -0.4 is 4.74 Å². The minimum Gasteiger partial charge on any atom is -0.491 e. The lowest BCUT2D eigenvalue weighted by molar-refractivity contribution is -0.0401. The second-order valence-corrected chi connectivity index (χ2v) is 6.18. The highest BCUT2D eigenvalue weighted by molar-refractivity contribution is 5.95. The molecule has 24 heavy (non-hydrogen) atoms. The van der Waals surface area contributed by atoms with Gasteiger partial charge < -0.3 is 14.4 Å². The first kappa shape index (κ1) is 16.5. The fraction of sp³-hybridized carbons (Fsp3) is 0.350. The Bertz CT molecular complexity index is 696. The van der Waals surface area contributed by atoms with Crippen molar-refractivity contribution < 1.29 is 14.3 Å².